The molecule has 7 heteroatoms. The van der Waals surface area contributed by atoms with E-state index in [2.05, 4.69) is 21.9 Å². The molecular weight excluding hydrogens is 324 g/mol. The van der Waals surface area contributed by atoms with E-state index in [-0.39, 0.29) is 0 Å². The molecule has 0 radical (unpaired) electrons. The maximum absolute atomic E-state index is 12.3. The lowest BCUT2D eigenvalue weighted by Crippen LogP contribution is -2.46. The SMILES string of the molecule is C[C@@H]1CCCN(S(=O)(=O)NCCNc2ccc3ccccc3n2)C1. The van der Waals surface area contributed by atoms with Crippen LogP contribution in [-0.4, -0.2) is 43.9 Å². The average molecular weight is 348 g/mol. The van der Waals surface area contributed by atoms with Crippen LogP contribution in [0, 0.1) is 5.92 Å². The molecule has 1 saturated heterocycles. The quantitative estimate of drug-likeness (QED) is 0.785. The first-order valence-corrected chi connectivity index (χ1v) is 9.83. The molecule has 1 atom stereocenters. The number of benzene rings is 1. The fourth-order valence-corrected chi connectivity index (χ4v) is 4.35. The second-order valence-corrected chi connectivity index (χ2v) is 8.08. The first-order valence-electron chi connectivity index (χ1n) is 8.39. The van der Waals surface area contributed by atoms with Gasteiger partial charge >= 0.3 is 0 Å². The Labute approximate surface area is 143 Å². The Balaban J connectivity index is 1.50. The third-order valence-corrected chi connectivity index (χ3v) is 5.85. The predicted molar refractivity (Wildman–Crippen MR) is 97.1 cm³/mol. The molecule has 1 aliphatic rings. The molecule has 1 aromatic carbocycles. The maximum atomic E-state index is 12.3. The second-order valence-electron chi connectivity index (χ2n) is 6.32. The van der Waals surface area contributed by atoms with E-state index in [1.807, 2.05) is 36.4 Å². The van der Waals surface area contributed by atoms with Gasteiger partial charge in [0.05, 0.1) is 5.52 Å². The van der Waals surface area contributed by atoms with E-state index in [4.69, 9.17) is 0 Å². The number of piperidine rings is 1. The summed E-state index contributed by atoms with van der Waals surface area (Å²) in [6.45, 7) is 4.14. The summed E-state index contributed by atoms with van der Waals surface area (Å²) >= 11 is 0. The van der Waals surface area contributed by atoms with Crippen LogP contribution in [0.2, 0.25) is 0 Å². The fraction of sp³-hybridized carbons (Fsp3) is 0.471. The Morgan fingerprint density at radius 3 is 2.88 bits per heavy atom. The van der Waals surface area contributed by atoms with Crippen LogP contribution in [0.15, 0.2) is 36.4 Å². The Kier molecular flexibility index (Phi) is 5.33. The lowest BCUT2D eigenvalue weighted by Gasteiger charge is -2.29. The van der Waals surface area contributed by atoms with Crippen LogP contribution < -0.4 is 10.0 Å². The van der Waals surface area contributed by atoms with Crippen molar-refractivity contribution in [3.63, 3.8) is 0 Å². The molecule has 1 fully saturated rings. The number of anilines is 1. The molecule has 0 spiro atoms. The molecule has 0 bridgehead atoms. The fourth-order valence-electron chi connectivity index (χ4n) is 2.99. The zero-order valence-electron chi connectivity index (χ0n) is 13.9. The summed E-state index contributed by atoms with van der Waals surface area (Å²) in [6.07, 6.45) is 2.03. The molecule has 0 amide bonds. The van der Waals surface area contributed by atoms with Gasteiger partial charge < -0.3 is 5.32 Å². The van der Waals surface area contributed by atoms with Crippen LogP contribution in [0.25, 0.3) is 10.9 Å². The highest BCUT2D eigenvalue weighted by atomic mass is 32.2. The number of pyridine rings is 1. The van der Waals surface area contributed by atoms with E-state index < -0.39 is 10.2 Å². The number of hydrogen-bond acceptors (Lipinski definition) is 4. The first kappa shape index (κ1) is 17.1. The summed E-state index contributed by atoms with van der Waals surface area (Å²) in [5.74, 6) is 1.18. The van der Waals surface area contributed by atoms with Crippen molar-refractivity contribution < 1.29 is 8.42 Å². The highest BCUT2D eigenvalue weighted by Gasteiger charge is 2.26. The Morgan fingerprint density at radius 2 is 2.04 bits per heavy atom. The van der Waals surface area contributed by atoms with Gasteiger partial charge in [-0.15, -0.1) is 0 Å². The van der Waals surface area contributed by atoms with E-state index in [9.17, 15) is 8.42 Å². The zero-order valence-corrected chi connectivity index (χ0v) is 14.7. The van der Waals surface area contributed by atoms with Crippen molar-refractivity contribution in [2.75, 3.05) is 31.5 Å². The predicted octanol–water partition coefficient (Wildman–Crippen LogP) is 2.21. The van der Waals surface area contributed by atoms with Crippen LogP contribution in [0.3, 0.4) is 0 Å². The van der Waals surface area contributed by atoms with Gasteiger partial charge in [-0.25, -0.2) is 9.71 Å². The second kappa shape index (κ2) is 7.46. The number of aromatic nitrogens is 1. The molecule has 2 heterocycles. The molecule has 1 aromatic heterocycles. The van der Waals surface area contributed by atoms with Crippen molar-refractivity contribution >= 4 is 26.9 Å². The van der Waals surface area contributed by atoms with Crippen molar-refractivity contribution in [2.24, 2.45) is 5.92 Å². The molecule has 2 N–H and O–H groups in total. The van der Waals surface area contributed by atoms with Crippen LogP contribution >= 0.6 is 0 Å². The van der Waals surface area contributed by atoms with Gasteiger partial charge in [-0.3, -0.25) is 0 Å². The van der Waals surface area contributed by atoms with Gasteiger partial charge in [0, 0.05) is 31.6 Å². The summed E-state index contributed by atoms with van der Waals surface area (Å²) in [7, 11) is -3.38. The highest BCUT2D eigenvalue weighted by molar-refractivity contribution is 7.87. The van der Waals surface area contributed by atoms with Crippen LogP contribution in [-0.2, 0) is 10.2 Å². The van der Waals surface area contributed by atoms with E-state index in [0.29, 0.717) is 32.1 Å². The summed E-state index contributed by atoms with van der Waals surface area (Å²) < 4.78 is 28.8. The molecule has 0 unspecified atom stereocenters. The first-order chi connectivity index (χ1) is 11.5. The molecule has 24 heavy (non-hydrogen) atoms. The maximum Gasteiger partial charge on any atom is 0.279 e. The number of hydrogen-bond donors (Lipinski definition) is 2. The number of para-hydroxylation sites is 1. The molecule has 0 aliphatic carbocycles. The standard InChI is InChI=1S/C17H24N4O2S/c1-14-5-4-12-21(13-14)24(22,23)19-11-10-18-17-9-8-15-6-2-3-7-16(15)20-17/h2-3,6-9,14,19H,4-5,10-13H2,1H3,(H,18,20)/t14-/m1/s1. The van der Waals surface area contributed by atoms with E-state index in [1.54, 1.807) is 4.31 Å². The molecule has 0 saturated carbocycles. The monoisotopic (exact) mass is 348 g/mol. The van der Waals surface area contributed by atoms with E-state index >= 15 is 0 Å². The Bertz CT molecular complexity index is 794. The highest BCUT2D eigenvalue weighted by Crippen LogP contribution is 2.17. The van der Waals surface area contributed by atoms with Gasteiger partial charge in [0.15, 0.2) is 0 Å². The van der Waals surface area contributed by atoms with Gasteiger partial charge in [0.2, 0.25) is 0 Å². The number of rotatable bonds is 6. The normalized spacial score (nSPS) is 19.5. The Hall–Kier alpha value is -1.70. The van der Waals surface area contributed by atoms with Crippen LogP contribution in [0.5, 0.6) is 0 Å². The van der Waals surface area contributed by atoms with Crippen molar-refractivity contribution in [3.8, 4) is 0 Å². The van der Waals surface area contributed by atoms with E-state index in [0.717, 1.165) is 29.6 Å². The van der Waals surface area contributed by atoms with Gasteiger partial charge in [-0.2, -0.15) is 12.7 Å². The minimum Gasteiger partial charge on any atom is -0.369 e. The van der Waals surface area contributed by atoms with Crippen molar-refractivity contribution in [2.45, 2.75) is 19.8 Å². The number of fused-ring (bicyclic) bond motifs is 1. The minimum absolute atomic E-state index is 0.335. The van der Waals surface area contributed by atoms with E-state index in [1.165, 1.54) is 0 Å². The topological polar surface area (TPSA) is 74.3 Å². The molecule has 1 aliphatic heterocycles. The molecule has 6 nitrogen and oxygen atoms in total. The van der Waals surface area contributed by atoms with Crippen molar-refractivity contribution in [1.29, 1.82) is 0 Å². The lowest BCUT2D eigenvalue weighted by molar-refractivity contribution is 0.278. The molecular formula is C17H24N4O2S. The summed E-state index contributed by atoms with van der Waals surface area (Å²) in [5, 5.41) is 4.25. The lowest BCUT2D eigenvalue weighted by atomic mass is 10.0. The smallest absolute Gasteiger partial charge is 0.279 e. The van der Waals surface area contributed by atoms with Gasteiger partial charge in [0.25, 0.3) is 10.2 Å². The molecule has 3 rings (SSSR count). The largest absolute Gasteiger partial charge is 0.369 e. The third kappa shape index (κ3) is 4.23. The van der Waals surface area contributed by atoms with Crippen LogP contribution in [0.1, 0.15) is 19.8 Å². The number of nitrogens with one attached hydrogen (secondary N) is 2. The van der Waals surface area contributed by atoms with Crippen LogP contribution in [0.4, 0.5) is 5.82 Å². The Morgan fingerprint density at radius 1 is 1.21 bits per heavy atom. The summed E-state index contributed by atoms with van der Waals surface area (Å²) in [5.41, 5.74) is 0.922. The van der Waals surface area contributed by atoms with Crippen molar-refractivity contribution in [1.82, 2.24) is 14.0 Å². The van der Waals surface area contributed by atoms with Gasteiger partial charge in [0.1, 0.15) is 5.82 Å². The number of nitrogens with zero attached hydrogens (tertiary/aromatic N) is 2. The third-order valence-electron chi connectivity index (χ3n) is 4.27. The molecule has 2 aromatic rings. The minimum atomic E-state index is -3.38. The molecule has 130 valence electrons. The van der Waals surface area contributed by atoms with Gasteiger partial charge in [-0.1, -0.05) is 25.1 Å². The summed E-state index contributed by atoms with van der Waals surface area (Å²) in [4.78, 5) is 4.51. The van der Waals surface area contributed by atoms with Crippen molar-refractivity contribution in [3.05, 3.63) is 36.4 Å². The zero-order chi connectivity index (χ0) is 17.0. The van der Waals surface area contributed by atoms with Gasteiger partial charge in [-0.05, 0) is 37.0 Å². The average Bonchev–Trinajstić information content (AvgIpc) is 2.59. The summed E-state index contributed by atoms with van der Waals surface area (Å²) in [6, 6.07) is 11.8.